The minimum atomic E-state index is -3.60. The number of sulfone groups is 1. The molecular weight excluding hydrogens is 398 g/mol. The maximum absolute atomic E-state index is 12.6. The number of nitrogens with zero attached hydrogens (tertiary/aromatic N) is 3. The van der Waals surface area contributed by atoms with Crippen LogP contribution in [0.15, 0.2) is 35.7 Å². The minimum absolute atomic E-state index is 0.0857. The Kier molecular flexibility index (Phi) is 5.79. The molecule has 7 nitrogen and oxygen atoms in total. The molecule has 152 valence electrons. The lowest BCUT2D eigenvalue weighted by Crippen LogP contribution is -2.25. The molecule has 0 radical (unpaired) electrons. The highest BCUT2D eigenvalue weighted by Gasteiger charge is 2.31. The lowest BCUT2D eigenvalue weighted by atomic mass is 10.2. The SMILES string of the molecule is Cc1nn([C@H]2CCS(=O)(=O)C2)c(C)c1CN(C)S(=O)(=O)/C=C/c1ccccc1. The van der Waals surface area contributed by atoms with E-state index < -0.39 is 19.9 Å². The van der Waals surface area contributed by atoms with Gasteiger partial charge in [0.1, 0.15) is 0 Å². The summed E-state index contributed by atoms with van der Waals surface area (Å²) in [4.78, 5) is 0. The van der Waals surface area contributed by atoms with Crippen LogP contribution in [-0.2, 0) is 26.4 Å². The molecule has 1 saturated heterocycles. The summed E-state index contributed by atoms with van der Waals surface area (Å²) in [7, 11) is -5.09. The molecular formula is C19H25N3O4S2. The summed E-state index contributed by atoms with van der Waals surface area (Å²) in [5, 5.41) is 5.69. The second kappa shape index (κ2) is 7.81. The number of aryl methyl sites for hydroxylation is 1. The smallest absolute Gasteiger partial charge is 0.236 e. The van der Waals surface area contributed by atoms with Crippen LogP contribution in [0.1, 0.15) is 35.0 Å². The van der Waals surface area contributed by atoms with E-state index in [1.807, 2.05) is 44.2 Å². The quantitative estimate of drug-likeness (QED) is 0.711. The van der Waals surface area contributed by atoms with E-state index in [1.54, 1.807) is 10.8 Å². The fraction of sp³-hybridized carbons (Fsp3) is 0.421. The molecule has 28 heavy (non-hydrogen) atoms. The molecule has 2 heterocycles. The normalized spacial score (nSPS) is 19.6. The standard InChI is InChI=1S/C19H25N3O4S2/c1-15-19(16(2)22(20-15)18-10-11-27(23,24)14-18)13-21(3)28(25,26)12-9-17-7-5-4-6-8-17/h4-9,12,18H,10-11,13-14H2,1-3H3/b12-9+/t18-/m0/s1. The van der Waals surface area contributed by atoms with Crippen LogP contribution in [0.2, 0.25) is 0 Å². The predicted molar refractivity (Wildman–Crippen MR) is 110 cm³/mol. The van der Waals surface area contributed by atoms with Crippen LogP contribution in [-0.4, -0.2) is 49.5 Å². The Morgan fingerprint density at radius 1 is 1.25 bits per heavy atom. The van der Waals surface area contributed by atoms with Gasteiger partial charge in [0, 0.05) is 30.3 Å². The first-order chi connectivity index (χ1) is 13.1. The molecule has 0 saturated carbocycles. The van der Waals surface area contributed by atoms with Crippen LogP contribution in [0.5, 0.6) is 0 Å². The van der Waals surface area contributed by atoms with Crippen molar-refractivity contribution >= 4 is 25.9 Å². The van der Waals surface area contributed by atoms with Crippen molar-refractivity contribution in [1.82, 2.24) is 14.1 Å². The van der Waals surface area contributed by atoms with E-state index in [9.17, 15) is 16.8 Å². The fourth-order valence-corrected chi connectivity index (χ4v) is 5.93. The summed E-state index contributed by atoms with van der Waals surface area (Å²) >= 11 is 0. The molecule has 0 N–H and O–H groups in total. The monoisotopic (exact) mass is 423 g/mol. The van der Waals surface area contributed by atoms with Gasteiger partial charge in [0.25, 0.3) is 0 Å². The van der Waals surface area contributed by atoms with Crippen molar-refractivity contribution in [3.63, 3.8) is 0 Å². The molecule has 0 aliphatic carbocycles. The maximum atomic E-state index is 12.6. The molecule has 2 aromatic rings. The Morgan fingerprint density at radius 2 is 1.93 bits per heavy atom. The third-order valence-corrected chi connectivity index (χ3v) is 8.30. The van der Waals surface area contributed by atoms with Crippen molar-refractivity contribution in [1.29, 1.82) is 0 Å². The van der Waals surface area contributed by atoms with Gasteiger partial charge in [0.15, 0.2) is 9.84 Å². The molecule has 1 aromatic heterocycles. The van der Waals surface area contributed by atoms with Gasteiger partial charge in [-0.2, -0.15) is 9.40 Å². The molecule has 3 rings (SSSR count). The van der Waals surface area contributed by atoms with Crippen molar-refractivity contribution in [2.75, 3.05) is 18.6 Å². The van der Waals surface area contributed by atoms with Gasteiger partial charge in [-0.15, -0.1) is 0 Å². The van der Waals surface area contributed by atoms with Crippen LogP contribution in [0, 0.1) is 13.8 Å². The number of rotatable bonds is 6. The zero-order valence-electron chi connectivity index (χ0n) is 16.2. The summed E-state index contributed by atoms with van der Waals surface area (Å²) in [6, 6.07) is 9.05. The second-order valence-electron chi connectivity index (χ2n) is 7.17. The molecule has 1 aromatic carbocycles. The van der Waals surface area contributed by atoms with Gasteiger partial charge in [-0.3, -0.25) is 4.68 Å². The summed E-state index contributed by atoms with van der Waals surface area (Å²) in [5.41, 5.74) is 3.15. The Hall–Kier alpha value is -1.97. The molecule has 1 fully saturated rings. The third kappa shape index (κ3) is 4.53. The lowest BCUT2D eigenvalue weighted by molar-refractivity contribution is 0.468. The van der Waals surface area contributed by atoms with Crippen LogP contribution in [0.4, 0.5) is 0 Å². The molecule has 1 aliphatic heterocycles. The molecule has 0 bridgehead atoms. The average Bonchev–Trinajstić information content (AvgIpc) is 3.14. The second-order valence-corrected chi connectivity index (χ2v) is 11.3. The van der Waals surface area contributed by atoms with Crippen LogP contribution in [0.3, 0.4) is 0 Å². The highest BCUT2D eigenvalue weighted by atomic mass is 32.2. The van der Waals surface area contributed by atoms with Gasteiger partial charge in [0.05, 0.1) is 23.2 Å². The van der Waals surface area contributed by atoms with E-state index in [4.69, 9.17) is 0 Å². The van der Waals surface area contributed by atoms with Gasteiger partial charge in [-0.05, 0) is 31.9 Å². The number of sulfonamides is 1. The van der Waals surface area contributed by atoms with Gasteiger partial charge in [-0.25, -0.2) is 16.8 Å². The van der Waals surface area contributed by atoms with Crippen LogP contribution in [0.25, 0.3) is 6.08 Å². The van der Waals surface area contributed by atoms with Crippen molar-refractivity contribution in [3.8, 4) is 0 Å². The molecule has 0 spiro atoms. The van der Waals surface area contributed by atoms with Crippen molar-refractivity contribution in [2.45, 2.75) is 32.9 Å². The number of benzene rings is 1. The zero-order valence-corrected chi connectivity index (χ0v) is 17.9. The summed E-state index contributed by atoms with van der Waals surface area (Å²) in [5.74, 6) is 0.256. The summed E-state index contributed by atoms with van der Waals surface area (Å²) in [6.07, 6.45) is 2.11. The fourth-order valence-electron chi connectivity index (χ4n) is 3.39. The highest BCUT2D eigenvalue weighted by Crippen LogP contribution is 2.27. The number of hydrogen-bond acceptors (Lipinski definition) is 5. The van der Waals surface area contributed by atoms with E-state index in [2.05, 4.69) is 5.10 Å². The lowest BCUT2D eigenvalue weighted by Gasteiger charge is -2.16. The summed E-state index contributed by atoms with van der Waals surface area (Å²) in [6.45, 7) is 3.86. The first-order valence-corrected chi connectivity index (χ1v) is 12.4. The molecule has 0 amide bonds. The highest BCUT2D eigenvalue weighted by molar-refractivity contribution is 7.92. The Morgan fingerprint density at radius 3 is 2.54 bits per heavy atom. The van der Waals surface area contributed by atoms with E-state index in [-0.39, 0.29) is 24.1 Å². The first-order valence-electron chi connectivity index (χ1n) is 9.03. The van der Waals surface area contributed by atoms with E-state index in [0.29, 0.717) is 6.42 Å². The Balaban J connectivity index is 1.78. The van der Waals surface area contributed by atoms with Crippen molar-refractivity contribution in [2.24, 2.45) is 0 Å². The molecule has 0 unspecified atom stereocenters. The van der Waals surface area contributed by atoms with Gasteiger partial charge in [-0.1, -0.05) is 30.3 Å². The number of hydrogen-bond donors (Lipinski definition) is 0. The molecule has 1 aliphatic rings. The van der Waals surface area contributed by atoms with Gasteiger partial charge >= 0.3 is 0 Å². The summed E-state index contributed by atoms with van der Waals surface area (Å²) < 4.78 is 51.8. The molecule has 9 heteroatoms. The van der Waals surface area contributed by atoms with Gasteiger partial charge in [0.2, 0.25) is 10.0 Å². The predicted octanol–water partition coefficient (Wildman–Crippen LogP) is 2.29. The van der Waals surface area contributed by atoms with Crippen LogP contribution >= 0.6 is 0 Å². The van der Waals surface area contributed by atoms with Gasteiger partial charge < -0.3 is 0 Å². The Labute approximate surface area is 166 Å². The minimum Gasteiger partial charge on any atom is -0.265 e. The van der Waals surface area contributed by atoms with Crippen molar-refractivity contribution < 1.29 is 16.8 Å². The Bertz CT molecular complexity index is 1090. The van der Waals surface area contributed by atoms with Crippen LogP contribution < -0.4 is 0 Å². The van der Waals surface area contributed by atoms with Crippen molar-refractivity contribution in [3.05, 3.63) is 58.3 Å². The zero-order chi connectivity index (χ0) is 20.5. The first kappa shape index (κ1) is 20.8. The average molecular weight is 424 g/mol. The topological polar surface area (TPSA) is 89.3 Å². The van der Waals surface area contributed by atoms with E-state index in [1.165, 1.54) is 16.8 Å². The van der Waals surface area contributed by atoms with E-state index in [0.717, 1.165) is 22.5 Å². The maximum Gasteiger partial charge on any atom is 0.236 e. The van der Waals surface area contributed by atoms with E-state index >= 15 is 0 Å². The molecule has 1 atom stereocenters. The number of aromatic nitrogens is 2. The largest absolute Gasteiger partial charge is 0.265 e. The third-order valence-electron chi connectivity index (χ3n) is 5.08.